The van der Waals surface area contributed by atoms with E-state index in [9.17, 15) is 9.18 Å². The summed E-state index contributed by atoms with van der Waals surface area (Å²) in [4.78, 5) is 19.6. The standard InChI is InChI=1S/C25H30FN3O2/c1-2-17-31-22-9-5-7-20(18-22)25(30)29-12-6-8-21(19-29)27-13-15-28(16-14-27)24-11-4-3-10-23(24)26/h2-5,7,9-11,18,21H,1,6,8,12-17,19H2/t21-/m1/s1. The van der Waals surface area contributed by atoms with Crippen LogP contribution in [0.15, 0.2) is 61.2 Å². The molecule has 0 radical (unpaired) electrons. The fourth-order valence-corrected chi connectivity index (χ4v) is 4.53. The molecule has 2 aromatic carbocycles. The van der Waals surface area contributed by atoms with Crippen molar-refractivity contribution in [2.75, 3.05) is 50.8 Å². The fourth-order valence-electron chi connectivity index (χ4n) is 4.53. The minimum atomic E-state index is -0.162. The number of piperazine rings is 1. The van der Waals surface area contributed by atoms with Crippen LogP contribution in [0.2, 0.25) is 0 Å². The first-order valence-electron chi connectivity index (χ1n) is 11.0. The maximum atomic E-state index is 14.1. The molecule has 1 amide bonds. The molecule has 2 saturated heterocycles. The number of piperidine rings is 1. The molecule has 2 aromatic rings. The van der Waals surface area contributed by atoms with Gasteiger partial charge in [-0.3, -0.25) is 9.69 Å². The number of rotatable bonds is 6. The summed E-state index contributed by atoms with van der Waals surface area (Å²) in [7, 11) is 0. The lowest BCUT2D eigenvalue weighted by molar-refractivity contribution is 0.0563. The number of amides is 1. The Balaban J connectivity index is 1.35. The van der Waals surface area contributed by atoms with Crippen LogP contribution >= 0.6 is 0 Å². The largest absolute Gasteiger partial charge is 0.490 e. The van der Waals surface area contributed by atoms with Crippen molar-refractivity contribution in [3.63, 3.8) is 0 Å². The molecule has 0 aliphatic carbocycles. The van der Waals surface area contributed by atoms with Crippen LogP contribution < -0.4 is 9.64 Å². The number of likely N-dealkylation sites (tertiary alicyclic amines) is 1. The van der Waals surface area contributed by atoms with Gasteiger partial charge in [-0.2, -0.15) is 0 Å². The average molecular weight is 424 g/mol. The third-order valence-corrected chi connectivity index (χ3v) is 6.16. The van der Waals surface area contributed by atoms with E-state index >= 15 is 0 Å². The highest BCUT2D eigenvalue weighted by Gasteiger charge is 2.30. The molecule has 164 valence electrons. The van der Waals surface area contributed by atoms with Gasteiger partial charge in [-0.15, -0.1) is 0 Å². The number of halogens is 1. The van der Waals surface area contributed by atoms with E-state index in [0.717, 1.165) is 52.1 Å². The summed E-state index contributed by atoms with van der Waals surface area (Å²) in [5, 5.41) is 0. The molecule has 1 atom stereocenters. The monoisotopic (exact) mass is 423 g/mol. The molecule has 0 unspecified atom stereocenters. The number of nitrogens with zero attached hydrogens (tertiary/aromatic N) is 3. The molecular formula is C25H30FN3O2. The Morgan fingerprint density at radius 1 is 1.10 bits per heavy atom. The highest BCUT2D eigenvalue weighted by atomic mass is 19.1. The van der Waals surface area contributed by atoms with Crippen molar-refractivity contribution in [3.05, 3.63) is 72.6 Å². The zero-order chi connectivity index (χ0) is 21.6. The number of carbonyl (C=O) groups is 1. The molecule has 0 bridgehead atoms. The topological polar surface area (TPSA) is 36.0 Å². The number of hydrogen-bond acceptors (Lipinski definition) is 4. The Labute approximate surface area is 183 Å². The van der Waals surface area contributed by atoms with Gasteiger partial charge in [-0.05, 0) is 43.2 Å². The van der Waals surface area contributed by atoms with Gasteiger partial charge in [0.2, 0.25) is 0 Å². The van der Waals surface area contributed by atoms with E-state index in [0.29, 0.717) is 29.6 Å². The maximum absolute atomic E-state index is 14.1. The van der Waals surface area contributed by atoms with Crippen molar-refractivity contribution in [1.29, 1.82) is 0 Å². The second-order valence-corrected chi connectivity index (χ2v) is 8.15. The Morgan fingerprint density at radius 2 is 1.90 bits per heavy atom. The van der Waals surface area contributed by atoms with Gasteiger partial charge in [0.15, 0.2) is 0 Å². The molecule has 2 aliphatic rings. The van der Waals surface area contributed by atoms with Gasteiger partial charge in [-0.25, -0.2) is 4.39 Å². The summed E-state index contributed by atoms with van der Waals surface area (Å²) < 4.78 is 19.7. The number of para-hydroxylation sites is 1. The first-order chi connectivity index (χ1) is 15.2. The molecule has 31 heavy (non-hydrogen) atoms. The van der Waals surface area contributed by atoms with Crippen molar-refractivity contribution >= 4 is 11.6 Å². The summed E-state index contributed by atoms with van der Waals surface area (Å²) in [5.41, 5.74) is 1.34. The van der Waals surface area contributed by atoms with Crippen LogP contribution in [0.4, 0.5) is 10.1 Å². The van der Waals surface area contributed by atoms with E-state index in [1.165, 1.54) is 6.07 Å². The summed E-state index contributed by atoms with van der Waals surface area (Å²) in [6.07, 6.45) is 3.78. The molecule has 2 aliphatic heterocycles. The quantitative estimate of drug-likeness (QED) is 0.662. The van der Waals surface area contributed by atoms with E-state index in [1.807, 2.05) is 41.3 Å². The number of ether oxygens (including phenoxy) is 1. The van der Waals surface area contributed by atoms with Crippen LogP contribution in [0.1, 0.15) is 23.2 Å². The van der Waals surface area contributed by atoms with Crippen LogP contribution in [0.25, 0.3) is 0 Å². The zero-order valence-corrected chi connectivity index (χ0v) is 17.9. The second kappa shape index (κ2) is 9.96. The van der Waals surface area contributed by atoms with E-state index in [4.69, 9.17) is 4.74 Å². The van der Waals surface area contributed by atoms with Crippen LogP contribution in [-0.2, 0) is 0 Å². The van der Waals surface area contributed by atoms with Crippen molar-refractivity contribution in [2.24, 2.45) is 0 Å². The van der Waals surface area contributed by atoms with Gasteiger partial charge < -0.3 is 14.5 Å². The molecule has 0 saturated carbocycles. The highest BCUT2D eigenvalue weighted by molar-refractivity contribution is 5.94. The van der Waals surface area contributed by atoms with Crippen LogP contribution in [0.5, 0.6) is 5.75 Å². The Hall–Kier alpha value is -2.86. The number of benzene rings is 2. The predicted molar refractivity (Wildman–Crippen MR) is 121 cm³/mol. The number of carbonyl (C=O) groups excluding carboxylic acids is 1. The van der Waals surface area contributed by atoms with E-state index in [2.05, 4.69) is 16.4 Å². The second-order valence-electron chi connectivity index (χ2n) is 8.15. The molecule has 4 rings (SSSR count). The molecule has 2 heterocycles. The lowest BCUT2D eigenvalue weighted by Crippen LogP contribution is -2.56. The Bertz CT molecular complexity index is 911. The van der Waals surface area contributed by atoms with Crippen LogP contribution in [-0.4, -0.2) is 67.6 Å². The molecule has 2 fully saturated rings. The van der Waals surface area contributed by atoms with Crippen molar-refractivity contribution in [1.82, 2.24) is 9.80 Å². The van der Waals surface area contributed by atoms with Gasteiger partial charge in [0, 0.05) is 50.9 Å². The summed E-state index contributed by atoms with van der Waals surface area (Å²) >= 11 is 0. The molecule has 0 spiro atoms. The zero-order valence-electron chi connectivity index (χ0n) is 17.9. The van der Waals surface area contributed by atoms with Gasteiger partial charge in [0.25, 0.3) is 5.91 Å². The van der Waals surface area contributed by atoms with Crippen molar-refractivity contribution in [2.45, 2.75) is 18.9 Å². The molecule has 0 aromatic heterocycles. The molecule has 5 nitrogen and oxygen atoms in total. The lowest BCUT2D eigenvalue weighted by atomic mass is 10.0. The minimum Gasteiger partial charge on any atom is -0.490 e. The SMILES string of the molecule is C=CCOc1cccc(C(=O)N2CCC[C@@H](N3CCN(c4ccccc4F)CC3)C2)c1. The predicted octanol–water partition coefficient (Wildman–Crippen LogP) is 3.82. The minimum absolute atomic E-state index is 0.0544. The Kier molecular flexibility index (Phi) is 6.87. The van der Waals surface area contributed by atoms with Gasteiger partial charge in [0.1, 0.15) is 18.2 Å². The summed E-state index contributed by atoms with van der Waals surface area (Å²) in [6.45, 7) is 8.95. The van der Waals surface area contributed by atoms with E-state index in [-0.39, 0.29) is 11.7 Å². The fraction of sp³-hybridized carbons (Fsp3) is 0.400. The van der Waals surface area contributed by atoms with Gasteiger partial charge in [-0.1, -0.05) is 30.9 Å². The third kappa shape index (κ3) is 5.07. The van der Waals surface area contributed by atoms with E-state index in [1.54, 1.807) is 12.1 Å². The maximum Gasteiger partial charge on any atom is 0.254 e. The van der Waals surface area contributed by atoms with Gasteiger partial charge in [0.05, 0.1) is 5.69 Å². The molecule has 6 heteroatoms. The molecular weight excluding hydrogens is 393 g/mol. The smallest absolute Gasteiger partial charge is 0.254 e. The average Bonchev–Trinajstić information content (AvgIpc) is 2.83. The third-order valence-electron chi connectivity index (χ3n) is 6.16. The molecule has 0 N–H and O–H groups in total. The Morgan fingerprint density at radius 3 is 2.68 bits per heavy atom. The lowest BCUT2D eigenvalue weighted by Gasteiger charge is -2.44. The van der Waals surface area contributed by atoms with Crippen LogP contribution in [0, 0.1) is 5.82 Å². The first kappa shape index (κ1) is 21.4. The number of anilines is 1. The summed E-state index contributed by atoms with van der Waals surface area (Å²) in [5.74, 6) is 0.576. The van der Waals surface area contributed by atoms with Gasteiger partial charge >= 0.3 is 0 Å². The van der Waals surface area contributed by atoms with E-state index < -0.39 is 0 Å². The number of hydrogen-bond donors (Lipinski definition) is 0. The van der Waals surface area contributed by atoms with Crippen molar-refractivity contribution in [3.8, 4) is 5.75 Å². The highest BCUT2D eigenvalue weighted by Crippen LogP contribution is 2.24. The first-order valence-corrected chi connectivity index (χ1v) is 11.0. The summed E-state index contributed by atoms with van der Waals surface area (Å²) in [6, 6.07) is 14.7. The van der Waals surface area contributed by atoms with Crippen LogP contribution in [0.3, 0.4) is 0 Å². The normalized spacial score (nSPS) is 19.8. The van der Waals surface area contributed by atoms with Crippen molar-refractivity contribution < 1.29 is 13.9 Å².